The van der Waals surface area contributed by atoms with Crippen LogP contribution in [-0.2, 0) is 4.79 Å². The van der Waals surface area contributed by atoms with Gasteiger partial charge < -0.3 is 11.1 Å². The molecule has 0 saturated carbocycles. The molecule has 2 aromatic rings. The Labute approximate surface area is 121 Å². The fraction of sp³-hybridized carbons (Fsp3) is 0.214. The summed E-state index contributed by atoms with van der Waals surface area (Å²) >= 11 is 6.06. The standard InChI is InChI=1S/C14H14ClN3O2/c1-14(2,13(16)20)18-12(19)10-7-8-5-3-4-6-9(8)11(15)17-10/h3-7H,1-2H3,(H2,16,20)(H,18,19). The number of nitrogens with zero attached hydrogens (tertiary/aromatic N) is 1. The van der Waals surface area contributed by atoms with Gasteiger partial charge in [0, 0.05) is 5.39 Å². The zero-order valence-corrected chi connectivity index (χ0v) is 11.9. The summed E-state index contributed by atoms with van der Waals surface area (Å²) in [6, 6.07) is 8.95. The molecule has 20 heavy (non-hydrogen) atoms. The molecule has 6 heteroatoms. The number of nitrogens with one attached hydrogen (secondary N) is 1. The molecule has 0 atom stereocenters. The maximum atomic E-state index is 12.1. The summed E-state index contributed by atoms with van der Waals surface area (Å²) in [6.45, 7) is 3.05. The van der Waals surface area contributed by atoms with Gasteiger partial charge in [-0.05, 0) is 25.3 Å². The molecule has 104 valence electrons. The van der Waals surface area contributed by atoms with Crippen LogP contribution in [0.25, 0.3) is 10.8 Å². The first-order valence-electron chi connectivity index (χ1n) is 5.99. The first kappa shape index (κ1) is 14.3. The Morgan fingerprint density at radius 1 is 1.30 bits per heavy atom. The van der Waals surface area contributed by atoms with Gasteiger partial charge in [-0.15, -0.1) is 0 Å². The molecule has 1 aromatic heterocycles. The lowest BCUT2D eigenvalue weighted by Gasteiger charge is -2.22. The Bertz CT molecular complexity index is 698. The lowest BCUT2D eigenvalue weighted by Crippen LogP contribution is -2.53. The SMILES string of the molecule is CC(C)(NC(=O)c1cc2ccccc2c(Cl)n1)C(N)=O. The van der Waals surface area contributed by atoms with E-state index in [1.54, 1.807) is 6.07 Å². The number of carbonyl (C=O) groups is 2. The van der Waals surface area contributed by atoms with Gasteiger partial charge in [0.1, 0.15) is 16.4 Å². The molecule has 2 rings (SSSR count). The number of pyridine rings is 1. The van der Waals surface area contributed by atoms with Crippen molar-refractivity contribution in [2.45, 2.75) is 19.4 Å². The van der Waals surface area contributed by atoms with Gasteiger partial charge >= 0.3 is 0 Å². The first-order valence-corrected chi connectivity index (χ1v) is 6.37. The van der Waals surface area contributed by atoms with E-state index in [1.807, 2.05) is 24.3 Å². The van der Waals surface area contributed by atoms with Gasteiger partial charge in [0.15, 0.2) is 0 Å². The fourth-order valence-electron chi connectivity index (χ4n) is 1.68. The van der Waals surface area contributed by atoms with Gasteiger partial charge in [-0.25, -0.2) is 4.98 Å². The van der Waals surface area contributed by atoms with Crippen LogP contribution in [-0.4, -0.2) is 22.3 Å². The highest BCUT2D eigenvalue weighted by Crippen LogP contribution is 2.22. The fourth-order valence-corrected chi connectivity index (χ4v) is 1.95. The van der Waals surface area contributed by atoms with E-state index >= 15 is 0 Å². The molecular weight excluding hydrogens is 278 g/mol. The maximum Gasteiger partial charge on any atom is 0.270 e. The van der Waals surface area contributed by atoms with Crippen molar-refractivity contribution >= 4 is 34.2 Å². The summed E-state index contributed by atoms with van der Waals surface area (Å²) in [5.41, 5.74) is 4.20. The van der Waals surface area contributed by atoms with Crippen molar-refractivity contribution in [2.24, 2.45) is 5.73 Å². The van der Waals surface area contributed by atoms with Crippen LogP contribution in [0.4, 0.5) is 0 Å². The number of aromatic nitrogens is 1. The van der Waals surface area contributed by atoms with Crippen molar-refractivity contribution < 1.29 is 9.59 Å². The molecule has 0 spiro atoms. The van der Waals surface area contributed by atoms with Crippen molar-refractivity contribution in [3.05, 3.63) is 41.2 Å². The van der Waals surface area contributed by atoms with Crippen LogP contribution in [0.15, 0.2) is 30.3 Å². The summed E-state index contributed by atoms with van der Waals surface area (Å²) in [7, 11) is 0. The Balaban J connectivity index is 2.38. The number of halogens is 1. The van der Waals surface area contributed by atoms with Crippen molar-refractivity contribution in [1.82, 2.24) is 10.3 Å². The lowest BCUT2D eigenvalue weighted by molar-refractivity contribution is -0.122. The van der Waals surface area contributed by atoms with Crippen molar-refractivity contribution in [3.8, 4) is 0 Å². The number of rotatable bonds is 3. The number of fused-ring (bicyclic) bond motifs is 1. The Morgan fingerprint density at radius 3 is 2.60 bits per heavy atom. The van der Waals surface area contributed by atoms with Crippen molar-refractivity contribution in [1.29, 1.82) is 0 Å². The summed E-state index contributed by atoms with van der Waals surface area (Å²) < 4.78 is 0. The summed E-state index contributed by atoms with van der Waals surface area (Å²) in [5.74, 6) is -1.13. The number of nitrogens with two attached hydrogens (primary N) is 1. The monoisotopic (exact) mass is 291 g/mol. The summed E-state index contributed by atoms with van der Waals surface area (Å²) in [6.07, 6.45) is 0. The molecule has 0 bridgehead atoms. The van der Waals surface area contributed by atoms with Gasteiger partial charge in [-0.1, -0.05) is 35.9 Å². The van der Waals surface area contributed by atoms with Crippen LogP contribution >= 0.6 is 11.6 Å². The number of amides is 2. The molecule has 3 N–H and O–H groups in total. The minimum absolute atomic E-state index is 0.142. The first-order chi connectivity index (χ1) is 9.31. The number of hydrogen-bond donors (Lipinski definition) is 2. The third-order valence-electron chi connectivity index (χ3n) is 2.97. The molecular formula is C14H14ClN3O2. The molecule has 0 saturated heterocycles. The largest absolute Gasteiger partial charge is 0.368 e. The number of benzene rings is 1. The van der Waals surface area contributed by atoms with E-state index in [9.17, 15) is 9.59 Å². The van der Waals surface area contributed by atoms with Crippen LogP contribution in [0.5, 0.6) is 0 Å². The lowest BCUT2D eigenvalue weighted by atomic mass is 10.0. The van der Waals surface area contributed by atoms with Gasteiger partial charge in [0.25, 0.3) is 5.91 Å². The molecule has 5 nitrogen and oxygen atoms in total. The van der Waals surface area contributed by atoms with Gasteiger partial charge in [0.2, 0.25) is 5.91 Å². The molecule has 0 radical (unpaired) electrons. The third-order valence-corrected chi connectivity index (χ3v) is 3.26. The van der Waals surface area contributed by atoms with E-state index in [1.165, 1.54) is 13.8 Å². The topological polar surface area (TPSA) is 85.1 Å². The zero-order chi connectivity index (χ0) is 14.9. The molecule has 0 fully saturated rings. The Morgan fingerprint density at radius 2 is 1.95 bits per heavy atom. The van der Waals surface area contributed by atoms with Gasteiger partial charge in [-0.3, -0.25) is 9.59 Å². The average molecular weight is 292 g/mol. The third kappa shape index (κ3) is 2.72. The molecule has 0 aliphatic heterocycles. The van der Waals surface area contributed by atoms with E-state index in [4.69, 9.17) is 17.3 Å². The van der Waals surface area contributed by atoms with Gasteiger partial charge in [-0.2, -0.15) is 0 Å². The van der Waals surface area contributed by atoms with Crippen molar-refractivity contribution in [2.75, 3.05) is 0 Å². The highest BCUT2D eigenvalue weighted by atomic mass is 35.5. The summed E-state index contributed by atoms with van der Waals surface area (Å²) in [5, 5.41) is 4.33. The predicted octanol–water partition coefficient (Wildman–Crippen LogP) is 1.88. The molecule has 0 aliphatic rings. The number of carbonyl (C=O) groups excluding carboxylic acids is 2. The Kier molecular flexibility index (Phi) is 3.63. The van der Waals surface area contributed by atoms with Crippen LogP contribution in [0.2, 0.25) is 5.15 Å². The van der Waals surface area contributed by atoms with E-state index in [-0.39, 0.29) is 10.8 Å². The molecule has 1 heterocycles. The van der Waals surface area contributed by atoms with Crippen LogP contribution in [0.3, 0.4) is 0 Å². The minimum atomic E-state index is -1.16. The molecule has 2 amide bonds. The Hall–Kier alpha value is -2.14. The quantitative estimate of drug-likeness (QED) is 0.847. The van der Waals surface area contributed by atoms with Gasteiger partial charge in [0.05, 0.1) is 0 Å². The highest BCUT2D eigenvalue weighted by molar-refractivity contribution is 6.34. The zero-order valence-electron chi connectivity index (χ0n) is 11.1. The summed E-state index contributed by atoms with van der Waals surface area (Å²) in [4.78, 5) is 27.4. The van der Waals surface area contributed by atoms with Crippen molar-refractivity contribution in [3.63, 3.8) is 0 Å². The molecule has 0 unspecified atom stereocenters. The van der Waals surface area contributed by atoms with E-state index in [0.717, 1.165) is 10.8 Å². The number of primary amides is 1. The smallest absolute Gasteiger partial charge is 0.270 e. The minimum Gasteiger partial charge on any atom is -0.368 e. The molecule has 0 aliphatic carbocycles. The second kappa shape index (κ2) is 5.09. The van der Waals surface area contributed by atoms with Crippen LogP contribution < -0.4 is 11.1 Å². The number of hydrogen-bond acceptors (Lipinski definition) is 3. The predicted molar refractivity (Wildman–Crippen MR) is 77.5 cm³/mol. The van der Waals surface area contributed by atoms with Crippen LogP contribution in [0.1, 0.15) is 24.3 Å². The second-order valence-electron chi connectivity index (χ2n) is 4.96. The van der Waals surface area contributed by atoms with E-state index < -0.39 is 17.4 Å². The maximum absolute atomic E-state index is 12.1. The van der Waals surface area contributed by atoms with E-state index in [2.05, 4.69) is 10.3 Å². The van der Waals surface area contributed by atoms with E-state index in [0.29, 0.717) is 0 Å². The van der Waals surface area contributed by atoms with Crippen LogP contribution in [0, 0.1) is 0 Å². The normalized spacial score (nSPS) is 11.3. The highest BCUT2D eigenvalue weighted by Gasteiger charge is 2.28. The molecule has 1 aromatic carbocycles. The average Bonchev–Trinajstić information content (AvgIpc) is 2.38. The second-order valence-corrected chi connectivity index (χ2v) is 5.32.